The molecule has 0 unspecified atom stereocenters. The number of nitrogens with one attached hydrogen (secondary N) is 1. The molecule has 1 saturated heterocycles. The lowest BCUT2D eigenvalue weighted by Crippen LogP contribution is -2.37. The van der Waals surface area contributed by atoms with Gasteiger partial charge in [0.25, 0.3) is 5.91 Å². The van der Waals surface area contributed by atoms with Crippen LogP contribution >= 0.6 is 11.3 Å². The van der Waals surface area contributed by atoms with Crippen molar-refractivity contribution in [2.24, 2.45) is 0 Å². The first-order valence-electron chi connectivity index (χ1n) is 8.02. The number of rotatable bonds is 3. The molecule has 0 aromatic carbocycles. The number of likely N-dealkylation sites (tertiary alicyclic amines) is 1. The van der Waals surface area contributed by atoms with Crippen molar-refractivity contribution in [3.05, 3.63) is 47.1 Å². The molecule has 1 N–H and O–H groups in total. The fraction of sp³-hybridized carbons (Fsp3) is 0.353. The normalized spacial score (nSPS) is 15.8. The maximum absolute atomic E-state index is 12.7. The number of nitrogens with zero attached hydrogens (tertiary/aromatic N) is 3. The Morgan fingerprint density at radius 3 is 2.79 bits per heavy atom. The average molecular weight is 342 g/mol. The minimum atomic E-state index is 0.102. The van der Waals surface area contributed by atoms with Gasteiger partial charge in [0.1, 0.15) is 23.7 Å². The van der Waals surface area contributed by atoms with E-state index in [0.29, 0.717) is 5.92 Å². The molecule has 3 aromatic heterocycles. The van der Waals surface area contributed by atoms with E-state index >= 15 is 0 Å². The number of aromatic nitrogens is 3. The van der Waals surface area contributed by atoms with E-state index in [0.717, 1.165) is 53.0 Å². The number of H-pyrrole nitrogens is 1. The minimum absolute atomic E-state index is 0.102. The highest BCUT2D eigenvalue weighted by atomic mass is 32.1. The molecule has 0 aliphatic carbocycles. The molecule has 6 nitrogen and oxygen atoms in total. The number of amides is 1. The summed E-state index contributed by atoms with van der Waals surface area (Å²) in [5.41, 5.74) is 0. The number of furan rings is 1. The first kappa shape index (κ1) is 15.1. The summed E-state index contributed by atoms with van der Waals surface area (Å²) in [7, 11) is 0. The number of hydrogen-bond acceptors (Lipinski definition) is 5. The molecule has 124 valence electrons. The molecule has 0 bridgehead atoms. The van der Waals surface area contributed by atoms with Crippen molar-refractivity contribution in [3.63, 3.8) is 0 Å². The highest BCUT2D eigenvalue weighted by molar-refractivity contribution is 7.17. The minimum Gasteiger partial charge on any atom is -0.461 e. The summed E-state index contributed by atoms with van der Waals surface area (Å²) in [4.78, 5) is 20.6. The van der Waals surface area contributed by atoms with Crippen LogP contribution in [0.5, 0.6) is 0 Å². The predicted octanol–water partition coefficient (Wildman–Crippen LogP) is 3.45. The molecule has 1 aliphatic heterocycles. The van der Waals surface area contributed by atoms with Crippen molar-refractivity contribution in [2.45, 2.75) is 25.7 Å². The van der Waals surface area contributed by atoms with E-state index in [2.05, 4.69) is 15.2 Å². The van der Waals surface area contributed by atoms with Gasteiger partial charge >= 0.3 is 0 Å². The Bertz CT molecular complexity index is 829. The molecule has 7 heteroatoms. The highest BCUT2D eigenvalue weighted by Gasteiger charge is 2.26. The van der Waals surface area contributed by atoms with Crippen LogP contribution in [0.1, 0.15) is 40.0 Å². The van der Waals surface area contributed by atoms with Gasteiger partial charge in [0.2, 0.25) is 0 Å². The van der Waals surface area contributed by atoms with Crippen molar-refractivity contribution in [2.75, 3.05) is 13.1 Å². The Balaban J connectivity index is 1.42. The van der Waals surface area contributed by atoms with Crippen molar-refractivity contribution in [3.8, 4) is 10.6 Å². The molecule has 0 spiro atoms. The van der Waals surface area contributed by atoms with E-state index in [-0.39, 0.29) is 5.91 Å². The first-order chi connectivity index (χ1) is 11.7. The zero-order chi connectivity index (χ0) is 16.5. The van der Waals surface area contributed by atoms with E-state index in [1.54, 1.807) is 0 Å². The lowest BCUT2D eigenvalue weighted by Gasteiger charge is -2.30. The zero-order valence-corrected chi connectivity index (χ0v) is 14.2. The molecule has 0 saturated carbocycles. The number of thiophene rings is 1. The van der Waals surface area contributed by atoms with Gasteiger partial charge in [-0.3, -0.25) is 9.89 Å². The fourth-order valence-corrected chi connectivity index (χ4v) is 4.01. The smallest absolute Gasteiger partial charge is 0.263 e. The number of carbonyl (C=O) groups excluding carboxylic acids is 1. The van der Waals surface area contributed by atoms with Crippen molar-refractivity contribution < 1.29 is 9.21 Å². The topological polar surface area (TPSA) is 75.0 Å². The third-order valence-electron chi connectivity index (χ3n) is 4.40. The van der Waals surface area contributed by atoms with Crippen LogP contribution in [0.3, 0.4) is 0 Å². The SMILES string of the molecule is Cc1ccc(-c2ccc(C(=O)N3CCC(c4ncn[nH]4)CC3)s2)o1. The fourth-order valence-electron chi connectivity index (χ4n) is 3.08. The standard InChI is InChI=1S/C17H18N4O2S/c1-11-2-3-13(23-11)14-4-5-15(24-14)17(22)21-8-6-12(7-9-21)16-18-10-19-20-16/h2-5,10,12H,6-9H2,1H3,(H,18,19,20). The summed E-state index contributed by atoms with van der Waals surface area (Å²) in [5.74, 6) is 3.09. The third kappa shape index (κ3) is 2.87. The second-order valence-electron chi connectivity index (χ2n) is 6.01. The van der Waals surface area contributed by atoms with Crippen LogP contribution in [-0.2, 0) is 0 Å². The van der Waals surface area contributed by atoms with E-state index in [1.807, 2.05) is 36.1 Å². The Labute approximate surface area is 143 Å². The van der Waals surface area contributed by atoms with Gasteiger partial charge in [-0.25, -0.2) is 4.98 Å². The average Bonchev–Trinajstić information content (AvgIpc) is 3.35. The Morgan fingerprint density at radius 1 is 1.29 bits per heavy atom. The van der Waals surface area contributed by atoms with Gasteiger partial charge in [-0.1, -0.05) is 0 Å². The zero-order valence-electron chi connectivity index (χ0n) is 13.4. The second kappa shape index (κ2) is 6.24. The monoisotopic (exact) mass is 342 g/mol. The summed E-state index contributed by atoms with van der Waals surface area (Å²) in [6.45, 7) is 3.41. The summed E-state index contributed by atoms with van der Waals surface area (Å²) in [5, 5.41) is 6.84. The lowest BCUT2D eigenvalue weighted by molar-refractivity contribution is 0.0716. The summed E-state index contributed by atoms with van der Waals surface area (Å²) in [6.07, 6.45) is 3.36. The maximum atomic E-state index is 12.7. The van der Waals surface area contributed by atoms with E-state index in [4.69, 9.17) is 4.42 Å². The van der Waals surface area contributed by atoms with Crippen LogP contribution in [0, 0.1) is 6.92 Å². The predicted molar refractivity (Wildman–Crippen MR) is 91.0 cm³/mol. The van der Waals surface area contributed by atoms with Crippen LogP contribution in [0.4, 0.5) is 0 Å². The number of hydrogen-bond donors (Lipinski definition) is 1. The molecule has 3 aromatic rings. The molecule has 0 radical (unpaired) electrons. The second-order valence-corrected chi connectivity index (χ2v) is 7.10. The van der Waals surface area contributed by atoms with Crippen molar-refractivity contribution in [1.29, 1.82) is 0 Å². The van der Waals surface area contributed by atoms with Crippen molar-refractivity contribution in [1.82, 2.24) is 20.1 Å². The van der Waals surface area contributed by atoms with Gasteiger partial charge in [-0.05, 0) is 44.0 Å². The summed E-state index contributed by atoms with van der Waals surface area (Å²) in [6, 6.07) is 7.73. The van der Waals surface area contributed by atoms with Crippen LogP contribution in [0.2, 0.25) is 0 Å². The van der Waals surface area contributed by atoms with Crippen LogP contribution in [0.25, 0.3) is 10.6 Å². The van der Waals surface area contributed by atoms with Crippen molar-refractivity contribution >= 4 is 17.2 Å². The highest BCUT2D eigenvalue weighted by Crippen LogP contribution is 2.31. The molecule has 0 atom stereocenters. The van der Waals surface area contributed by atoms with Gasteiger partial charge in [0, 0.05) is 19.0 Å². The largest absolute Gasteiger partial charge is 0.461 e. The Morgan fingerprint density at radius 2 is 2.12 bits per heavy atom. The third-order valence-corrected chi connectivity index (χ3v) is 5.49. The van der Waals surface area contributed by atoms with E-state index < -0.39 is 0 Å². The van der Waals surface area contributed by atoms with Gasteiger partial charge < -0.3 is 9.32 Å². The number of piperidine rings is 1. The molecule has 1 aliphatic rings. The quantitative estimate of drug-likeness (QED) is 0.791. The number of carbonyl (C=O) groups is 1. The molecule has 1 amide bonds. The first-order valence-corrected chi connectivity index (χ1v) is 8.83. The maximum Gasteiger partial charge on any atom is 0.263 e. The number of aromatic amines is 1. The van der Waals surface area contributed by atoms with E-state index in [9.17, 15) is 4.79 Å². The van der Waals surface area contributed by atoms with Gasteiger partial charge in [-0.15, -0.1) is 11.3 Å². The Kier molecular flexibility index (Phi) is 3.93. The lowest BCUT2D eigenvalue weighted by atomic mass is 9.96. The van der Waals surface area contributed by atoms with E-state index in [1.165, 1.54) is 17.7 Å². The molecular formula is C17H18N4O2S. The van der Waals surface area contributed by atoms with Crippen LogP contribution in [0.15, 0.2) is 35.0 Å². The summed E-state index contributed by atoms with van der Waals surface area (Å²) < 4.78 is 5.63. The van der Waals surface area contributed by atoms with Crippen LogP contribution in [-0.4, -0.2) is 39.1 Å². The summed E-state index contributed by atoms with van der Waals surface area (Å²) >= 11 is 1.49. The molecule has 24 heavy (non-hydrogen) atoms. The van der Waals surface area contributed by atoms with Gasteiger partial charge in [0.15, 0.2) is 0 Å². The molecule has 1 fully saturated rings. The molecule has 4 rings (SSSR count). The molecular weight excluding hydrogens is 324 g/mol. The van der Waals surface area contributed by atoms with Crippen LogP contribution < -0.4 is 0 Å². The molecule has 4 heterocycles. The number of aryl methyl sites for hydroxylation is 1. The van der Waals surface area contributed by atoms with Gasteiger partial charge in [0.05, 0.1) is 9.75 Å². The van der Waals surface area contributed by atoms with Gasteiger partial charge in [-0.2, -0.15) is 5.10 Å². The Hall–Kier alpha value is -2.41.